The van der Waals surface area contributed by atoms with Crippen LogP contribution in [0.3, 0.4) is 0 Å². The predicted octanol–water partition coefficient (Wildman–Crippen LogP) is 0.563. The first-order chi connectivity index (χ1) is 11.2. The molecule has 146 valence electrons. The largest absolute Gasteiger partial charge is 0.481 e. The van der Waals surface area contributed by atoms with Crippen molar-refractivity contribution in [3.63, 3.8) is 0 Å². The van der Waals surface area contributed by atoms with Crippen molar-refractivity contribution in [1.82, 2.24) is 0 Å². The summed E-state index contributed by atoms with van der Waals surface area (Å²) in [5.74, 6) is -1.58. The van der Waals surface area contributed by atoms with Crippen molar-refractivity contribution >= 4 is 37.2 Å². The lowest BCUT2D eigenvalue weighted by Gasteiger charge is -2.01. The van der Waals surface area contributed by atoms with E-state index in [1.807, 2.05) is 0 Å². The summed E-state index contributed by atoms with van der Waals surface area (Å²) in [5.41, 5.74) is 0. The number of hydrogen-bond donors (Lipinski definition) is 6. The van der Waals surface area contributed by atoms with Gasteiger partial charge in [0.05, 0.1) is 52.5 Å². The lowest BCUT2D eigenvalue weighted by molar-refractivity contribution is -0.137. The molecule has 0 fully saturated rings. The molecule has 0 saturated carbocycles. The van der Waals surface area contributed by atoms with E-state index in [0.29, 0.717) is 26.4 Å². The molecule has 0 aromatic heterocycles. The van der Waals surface area contributed by atoms with Gasteiger partial charge in [-0.3, -0.25) is 9.59 Å². The Balaban J connectivity index is -0.000000283. The van der Waals surface area contributed by atoms with E-state index in [2.05, 4.69) is 25.3 Å². The number of aliphatic hydroxyl groups is 2. The third-order valence-electron chi connectivity index (χ3n) is 1.78. The Bertz CT molecular complexity index is 260. The molecule has 0 aliphatic carbocycles. The molecule has 8 nitrogen and oxygen atoms in total. The number of hydrogen-bond acceptors (Lipinski definition) is 8. The third kappa shape index (κ3) is 43.0. The fraction of sp³-hybridized carbons (Fsp3) is 0.857. The van der Waals surface area contributed by atoms with Gasteiger partial charge in [0.15, 0.2) is 0 Å². The van der Waals surface area contributed by atoms with Gasteiger partial charge in [0.1, 0.15) is 0 Å². The van der Waals surface area contributed by atoms with Gasteiger partial charge in [0.25, 0.3) is 0 Å². The fourth-order valence-corrected chi connectivity index (χ4v) is 1.27. The first-order valence-corrected chi connectivity index (χ1v) is 8.37. The summed E-state index contributed by atoms with van der Waals surface area (Å²) >= 11 is 7.71. The SMILES string of the molecule is CC(S)CC(=O)O.CC(S)CC(=O)O.OCCOCCOCCO. The Labute approximate surface area is 154 Å². The molecular formula is C14H30O8S2. The average Bonchev–Trinajstić information content (AvgIpc) is 2.41. The van der Waals surface area contributed by atoms with Gasteiger partial charge in [-0.05, 0) is 0 Å². The van der Waals surface area contributed by atoms with Crippen molar-refractivity contribution in [1.29, 1.82) is 0 Å². The minimum atomic E-state index is -0.789. The highest BCUT2D eigenvalue weighted by atomic mass is 32.1. The Morgan fingerprint density at radius 2 is 1.08 bits per heavy atom. The van der Waals surface area contributed by atoms with Crippen LogP contribution in [0.25, 0.3) is 0 Å². The van der Waals surface area contributed by atoms with Crippen LogP contribution in [-0.2, 0) is 19.1 Å². The van der Waals surface area contributed by atoms with Crippen LogP contribution in [0.5, 0.6) is 0 Å². The zero-order valence-electron chi connectivity index (χ0n) is 14.1. The number of carbonyl (C=O) groups is 2. The van der Waals surface area contributed by atoms with Gasteiger partial charge in [-0.15, -0.1) is 0 Å². The highest BCUT2D eigenvalue weighted by Crippen LogP contribution is 1.97. The van der Waals surface area contributed by atoms with Crippen LogP contribution in [0, 0.1) is 0 Å². The van der Waals surface area contributed by atoms with Crippen LogP contribution < -0.4 is 0 Å². The minimum Gasteiger partial charge on any atom is -0.481 e. The zero-order valence-corrected chi connectivity index (χ0v) is 15.9. The highest BCUT2D eigenvalue weighted by molar-refractivity contribution is 7.81. The number of rotatable bonds is 11. The quantitative estimate of drug-likeness (QED) is 0.223. The van der Waals surface area contributed by atoms with Crippen LogP contribution in [0.1, 0.15) is 26.7 Å². The Morgan fingerprint density at radius 1 is 0.792 bits per heavy atom. The average molecular weight is 391 g/mol. The van der Waals surface area contributed by atoms with E-state index >= 15 is 0 Å². The van der Waals surface area contributed by atoms with Gasteiger partial charge in [-0.2, -0.15) is 25.3 Å². The third-order valence-corrected chi connectivity index (χ3v) is 2.15. The van der Waals surface area contributed by atoms with Gasteiger partial charge < -0.3 is 29.9 Å². The van der Waals surface area contributed by atoms with Crippen LogP contribution in [0.2, 0.25) is 0 Å². The molecule has 0 spiro atoms. The molecule has 0 bridgehead atoms. The normalized spacial score (nSPS) is 12.1. The summed E-state index contributed by atoms with van der Waals surface area (Å²) in [6, 6.07) is 0. The molecule has 24 heavy (non-hydrogen) atoms. The summed E-state index contributed by atoms with van der Waals surface area (Å²) in [4.78, 5) is 19.5. The van der Waals surface area contributed by atoms with E-state index in [0.717, 1.165) is 0 Å². The second-order valence-corrected chi connectivity index (χ2v) is 6.33. The molecule has 4 N–H and O–H groups in total. The van der Waals surface area contributed by atoms with E-state index in [1.165, 1.54) is 0 Å². The lowest BCUT2D eigenvalue weighted by Crippen LogP contribution is -2.09. The molecule has 0 heterocycles. The monoisotopic (exact) mass is 390 g/mol. The molecule has 0 aromatic carbocycles. The van der Waals surface area contributed by atoms with E-state index < -0.39 is 11.9 Å². The Morgan fingerprint density at radius 3 is 1.21 bits per heavy atom. The predicted molar refractivity (Wildman–Crippen MR) is 97.2 cm³/mol. The molecule has 0 aliphatic rings. The number of thiol groups is 2. The molecule has 0 radical (unpaired) electrons. The minimum absolute atomic E-state index is 0.0301. The fourth-order valence-electron chi connectivity index (χ4n) is 0.957. The maximum atomic E-state index is 9.76. The Kier molecular flexibility index (Phi) is 26.5. The van der Waals surface area contributed by atoms with E-state index in [4.69, 9.17) is 29.9 Å². The molecule has 2 atom stereocenters. The molecule has 0 aliphatic heterocycles. The number of aliphatic carboxylic acids is 2. The Hall–Kier alpha value is -0.520. The lowest BCUT2D eigenvalue weighted by atomic mass is 10.3. The van der Waals surface area contributed by atoms with Crippen LogP contribution in [0.4, 0.5) is 0 Å². The highest BCUT2D eigenvalue weighted by Gasteiger charge is 1.99. The van der Waals surface area contributed by atoms with Crippen molar-refractivity contribution in [3.8, 4) is 0 Å². The van der Waals surface area contributed by atoms with Gasteiger partial charge in [0.2, 0.25) is 0 Å². The molecule has 0 aromatic rings. The molecule has 0 saturated heterocycles. The molecule has 10 heteroatoms. The summed E-state index contributed by atoms with van der Waals surface area (Å²) in [6.07, 6.45) is 0.284. The standard InChI is InChI=1S/C6H14O4.2C4H8O2S/c7-1-3-9-5-6-10-4-2-8;2*1-3(7)2-4(5)6/h7-8H,1-6H2;2*3,7H,2H2,1H3,(H,5,6). The van der Waals surface area contributed by atoms with Crippen LogP contribution in [-0.4, -0.2) is 82.5 Å². The topological polar surface area (TPSA) is 134 Å². The van der Waals surface area contributed by atoms with Gasteiger partial charge in [0, 0.05) is 10.5 Å². The summed E-state index contributed by atoms with van der Waals surface area (Å²) in [7, 11) is 0. The first kappa shape index (κ1) is 28.3. The second kappa shape index (κ2) is 22.5. The molecule has 0 rings (SSSR count). The number of aliphatic hydroxyl groups excluding tert-OH is 2. The zero-order chi connectivity index (χ0) is 19.4. The van der Waals surface area contributed by atoms with Gasteiger partial charge in [-0.25, -0.2) is 0 Å². The van der Waals surface area contributed by atoms with Gasteiger partial charge in [-0.1, -0.05) is 13.8 Å². The molecule has 2 unspecified atom stereocenters. The summed E-state index contributed by atoms with van der Waals surface area (Å²) in [5, 5.41) is 32.5. The maximum Gasteiger partial charge on any atom is 0.304 e. The first-order valence-electron chi connectivity index (χ1n) is 7.34. The second-order valence-electron chi connectivity index (χ2n) is 4.57. The van der Waals surface area contributed by atoms with Gasteiger partial charge >= 0.3 is 11.9 Å². The van der Waals surface area contributed by atoms with Crippen molar-refractivity contribution < 1.29 is 39.5 Å². The summed E-state index contributed by atoms with van der Waals surface area (Å²) < 4.78 is 9.75. The van der Waals surface area contributed by atoms with Crippen LogP contribution >= 0.6 is 25.3 Å². The maximum absolute atomic E-state index is 9.76. The number of carboxylic acids is 2. The van der Waals surface area contributed by atoms with E-state index in [9.17, 15) is 9.59 Å². The van der Waals surface area contributed by atoms with E-state index in [-0.39, 0.29) is 36.6 Å². The molecule has 0 amide bonds. The smallest absolute Gasteiger partial charge is 0.304 e. The van der Waals surface area contributed by atoms with E-state index in [1.54, 1.807) is 13.8 Å². The molecular weight excluding hydrogens is 360 g/mol. The summed E-state index contributed by atoms with van der Waals surface area (Å²) in [6.45, 7) is 5.22. The number of carboxylic acid groups (broad SMARTS) is 2. The van der Waals surface area contributed by atoms with Crippen molar-refractivity contribution in [3.05, 3.63) is 0 Å². The van der Waals surface area contributed by atoms with Crippen LogP contribution in [0.15, 0.2) is 0 Å². The van der Waals surface area contributed by atoms with Crippen molar-refractivity contribution in [2.45, 2.75) is 37.2 Å². The van der Waals surface area contributed by atoms with Crippen molar-refractivity contribution in [2.24, 2.45) is 0 Å². The van der Waals surface area contributed by atoms with Crippen molar-refractivity contribution in [2.75, 3.05) is 39.6 Å². The number of ether oxygens (including phenoxy) is 2.